The van der Waals surface area contributed by atoms with E-state index in [0.29, 0.717) is 11.6 Å². The normalized spacial score (nSPS) is 18.0. The quantitative estimate of drug-likeness (QED) is 0.784. The van der Waals surface area contributed by atoms with Crippen molar-refractivity contribution in [1.82, 2.24) is 25.0 Å². The Labute approximate surface area is 144 Å². The van der Waals surface area contributed by atoms with Crippen LogP contribution in [-0.4, -0.2) is 44.7 Å². The number of nitrogens with one attached hydrogen (secondary N) is 1. The summed E-state index contributed by atoms with van der Waals surface area (Å²) in [5, 5.41) is 16.0. The minimum Gasteiger partial charge on any atom is -0.385 e. The highest BCUT2D eigenvalue weighted by atomic mass is 35.5. The molecular weight excluding hydrogens is 326 g/mol. The zero-order chi connectivity index (χ0) is 16.4. The molecule has 1 fully saturated rings. The fourth-order valence-electron chi connectivity index (χ4n) is 3.14. The van der Waals surface area contributed by atoms with Crippen LogP contribution >= 0.6 is 11.6 Å². The number of hydrogen-bond donors (Lipinski definition) is 1. The van der Waals surface area contributed by atoms with E-state index in [2.05, 4.69) is 30.7 Å². The number of anilines is 2. The molecule has 1 N–H and O–H groups in total. The standard InChI is InChI=1S/C16H18ClN7/c17-13-3-5-14(6-4-13)19-10-12-2-1-8-23(11-12)15-16-20-21-22-24(16)9-7-18-15/h3-7,9,12,19H,1-2,8,10-11H2. The van der Waals surface area contributed by atoms with Crippen LogP contribution in [0.4, 0.5) is 11.5 Å². The van der Waals surface area contributed by atoms with E-state index in [9.17, 15) is 0 Å². The molecule has 1 aromatic carbocycles. The van der Waals surface area contributed by atoms with Gasteiger partial charge in [0.05, 0.1) is 6.20 Å². The van der Waals surface area contributed by atoms with E-state index in [4.69, 9.17) is 11.6 Å². The molecule has 1 aliphatic heterocycles. The second kappa shape index (κ2) is 6.60. The van der Waals surface area contributed by atoms with Gasteiger partial charge in [-0.25, -0.2) is 4.98 Å². The fourth-order valence-corrected chi connectivity index (χ4v) is 3.27. The lowest BCUT2D eigenvalue weighted by molar-refractivity contribution is 0.430. The van der Waals surface area contributed by atoms with Crippen molar-refractivity contribution < 1.29 is 0 Å². The third kappa shape index (κ3) is 3.12. The van der Waals surface area contributed by atoms with Crippen LogP contribution in [0.15, 0.2) is 36.7 Å². The van der Waals surface area contributed by atoms with E-state index < -0.39 is 0 Å². The van der Waals surface area contributed by atoms with Gasteiger partial charge in [-0.1, -0.05) is 11.6 Å². The second-order valence-corrected chi connectivity index (χ2v) is 6.48. The Morgan fingerprint density at radius 3 is 3.00 bits per heavy atom. The second-order valence-electron chi connectivity index (χ2n) is 6.04. The first kappa shape index (κ1) is 15.1. The summed E-state index contributed by atoms with van der Waals surface area (Å²) in [5.41, 5.74) is 1.81. The minimum absolute atomic E-state index is 0.548. The summed E-state index contributed by atoms with van der Waals surface area (Å²) in [4.78, 5) is 6.77. The van der Waals surface area contributed by atoms with Crippen LogP contribution in [0, 0.1) is 5.92 Å². The third-order valence-electron chi connectivity index (χ3n) is 4.36. The maximum Gasteiger partial charge on any atom is 0.221 e. The highest BCUT2D eigenvalue weighted by Gasteiger charge is 2.23. The average Bonchev–Trinajstić information content (AvgIpc) is 3.10. The van der Waals surface area contributed by atoms with Crippen LogP contribution in [-0.2, 0) is 0 Å². The first-order valence-corrected chi connectivity index (χ1v) is 8.44. The van der Waals surface area contributed by atoms with Gasteiger partial charge in [0.15, 0.2) is 5.82 Å². The van der Waals surface area contributed by atoms with Crippen molar-refractivity contribution in [3.8, 4) is 0 Å². The zero-order valence-electron chi connectivity index (χ0n) is 13.1. The Morgan fingerprint density at radius 2 is 2.12 bits per heavy atom. The van der Waals surface area contributed by atoms with Crippen LogP contribution in [0.2, 0.25) is 5.02 Å². The van der Waals surface area contributed by atoms with Crippen molar-refractivity contribution in [3.05, 3.63) is 41.7 Å². The van der Waals surface area contributed by atoms with E-state index in [1.165, 1.54) is 6.42 Å². The molecule has 0 spiro atoms. The molecule has 1 aliphatic rings. The molecule has 7 nitrogen and oxygen atoms in total. The van der Waals surface area contributed by atoms with Crippen molar-refractivity contribution in [2.75, 3.05) is 29.9 Å². The molecule has 0 saturated carbocycles. The van der Waals surface area contributed by atoms with Crippen LogP contribution in [0.3, 0.4) is 0 Å². The molecule has 4 rings (SSSR count). The van der Waals surface area contributed by atoms with Crippen LogP contribution in [0.1, 0.15) is 12.8 Å². The molecule has 1 saturated heterocycles. The Morgan fingerprint density at radius 1 is 1.25 bits per heavy atom. The predicted octanol–water partition coefficient (Wildman–Crippen LogP) is 2.50. The van der Waals surface area contributed by atoms with Gasteiger partial charge in [0.2, 0.25) is 5.65 Å². The van der Waals surface area contributed by atoms with Gasteiger partial charge in [-0.05, 0) is 53.5 Å². The Balaban J connectivity index is 1.44. The number of rotatable bonds is 4. The topological polar surface area (TPSA) is 71.2 Å². The highest BCUT2D eigenvalue weighted by molar-refractivity contribution is 6.30. The first-order valence-electron chi connectivity index (χ1n) is 8.07. The number of halogens is 1. The number of fused-ring (bicyclic) bond motifs is 1. The SMILES string of the molecule is Clc1ccc(NCC2CCCN(c3nccn4nnnc34)C2)cc1. The number of hydrogen-bond acceptors (Lipinski definition) is 6. The van der Waals surface area contributed by atoms with Gasteiger partial charge in [-0.3, -0.25) is 0 Å². The van der Waals surface area contributed by atoms with Gasteiger partial charge in [0.25, 0.3) is 0 Å². The lowest BCUT2D eigenvalue weighted by Crippen LogP contribution is -2.38. The Hall–Kier alpha value is -2.41. The molecule has 124 valence electrons. The van der Waals surface area contributed by atoms with Crippen molar-refractivity contribution in [3.63, 3.8) is 0 Å². The van der Waals surface area contributed by atoms with E-state index in [-0.39, 0.29) is 0 Å². The summed E-state index contributed by atoms with van der Waals surface area (Å²) in [7, 11) is 0. The highest BCUT2D eigenvalue weighted by Crippen LogP contribution is 2.24. The summed E-state index contributed by atoms with van der Waals surface area (Å²) >= 11 is 5.93. The molecule has 0 aliphatic carbocycles. The monoisotopic (exact) mass is 343 g/mol. The maximum atomic E-state index is 5.93. The molecule has 0 bridgehead atoms. The summed E-state index contributed by atoms with van der Waals surface area (Å²) in [6.45, 7) is 2.85. The number of nitrogens with zero attached hydrogens (tertiary/aromatic N) is 6. The van der Waals surface area contributed by atoms with Crippen molar-refractivity contribution in [2.24, 2.45) is 5.92 Å². The van der Waals surface area contributed by atoms with Crippen molar-refractivity contribution in [1.29, 1.82) is 0 Å². The van der Waals surface area contributed by atoms with Gasteiger partial charge in [0.1, 0.15) is 0 Å². The maximum absolute atomic E-state index is 5.93. The van der Waals surface area contributed by atoms with Crippen LogP contribution in [0.25, 0.3) is 5.65 Å². The number of benzene rings is 1. The average molecular weight is 344 g/mol. The number of piperidine rings is 1. The fraction of sp³-hybridized carbons (Fsp3) is 0.375. The molecule has 3 aromatic rings. The largest absolute Gasteiger partial charge is 0.385 e. The lowest BCUT2D eigenvalue weighted by Gasteiger charge is -2.33. The number of aromatic nitrogens is 5. The summed E-state index contributed by atoms with van der Waals surface area (Å²) in [6, 6.07) is 7.82. The Kier molecular flexibility index (Phi) is 4.17. The molecule has 1 unspecified atom stereocenters. The third-order valence-corrected chi connectivity index (χ3v) is 4.61. The van der Waals surface area contributed by atoms with E-state index in [1.807, 2.05) is 24.3 Å². The molecule has 1 atom stereocenters. The van der Waals surface area contributed by atoms with Crippen molar-refractivity contribution in [2.45, 2.75) is 12.8 Å². The molecule has 0 radical (unpaired) electrons. The predicted molar refractivity (Wildman–Crippen MR) is 93.5 cm³/mol. The van der Waals surface area contributed by atoms with Crippen molar-refractivity contribution >= 4 is 28.8 Å². The first-order chi connectivity index (χ1) is 11.8. The van der Waals surface area contributed by atoms with Crippen LogP contribution in [0.5, 0.6) is 0 Å². The molecule has 24 heavy (non-hydrogen) atoms. The molecule has 3 heterocycles. The summed E-state index contributed by atoms with van der Waals surface area (Å²) in [5.74, 6) is 1.41. The van der Waals surface area contributed by atoms with Crippen LogP contribution < -0.4 is 10.2 Å². The lowest BCUT2D eigenvalue weighted by atomic mass is 9.98. The molecule has 8 heteroatoms. The summed E-state index contributed by atoms with van der Waals surface area (Å²) in [6.07, 6.45) is 5.85. The van der Waals surface area contributed by atoms with Gasteiger partial charge in [-0.2, -0.15) is 4.52 Å². The van der Waals surface area contributed by atoms with E-state index in [0.717, 1.165) is 42.6 Å². The Bertz CT molecular complexity index is 817. The minimum atomic E-state index is 0.548. The molecule has 0 amide bonds. The van der Waals surface area contributed by atoms with Gasteiger partial charge < -0.3 is 10.2 Å². The molecule has 2 aromatic heterocycles. The molecular formula is C16H18ClN7. The van der Waals surface area contributed by atoms with Gasteiger partial charge in [0, 0.05) is 36.5 Å². The number of tetrazole rings is 1. The van der Waals surface area contributed by atoms with Gasteiger partial charge >= 0.3 is 0 Å². The van der Waals surface area contributed by atoms with E-state index in [1.54, 1.807) is 16.9 Å². The smallest absolute Gasteiger partial charge is 0.221 e. The van der Waals surface area contributed by atoms with E-state index >= 15 is 0 Å². The van der Waals surface area contributed by atoms with Gasteiger partial charge in [-0.15, -0.1) is 5.10 Å². The summed E-state index contributed by atoms with van der Waals surface area (Å²) < 4.78 is 1.66. The zero-order valence-corrected chi connectivity index (χ0v) is 13.9.